The van der Waals surface area contributed by atoms with Gasteiger partial charge in [-0.1, -0.05) is 0 Å². The highest BCUT2D eigenvalue weighted by Gasteiger charge is 2.10. The van der Waals surface area contributed by atoms with Gasteiger partial charge in [0.05, 0.1) is 5.75 Å². The molecule has 0 saturated carbocycles. The third-order valence-corrected chi connectivity index (χ3v) is 3.83. The van der Waals surface area contributed by atoms with Crippen LogP contribution in [0.3, 0.4) is 0 Å². The molecule has 0 aliphatic rings. The van der Waals surface area contributed by atoms with E-state index >= 15 is 0 Å². The van der Waals surface area contributed by atoms with Crippen molar-refractivity contribution in [2.24, 2.45) is 0 Å². The van der Waals surface area contributed by atoms with Crippen LogP contribution in [0.2, 0.25) is 0 Å². The SMILES string of the molecule is CC(=O)Nc1ccc(C(=O)CSc2ccc(F)cc2F)cc1. The monoisotopic (exact) mass is 321 g/mol. The fourth-order valence-electron chi connectivity index (χ4n) is 1.76. The van der Waals surface area contributed by atoms with E-state index in [-0.39, 0.29) is 22.3 Å². The first-order valence-electron chi connectivity index (χ1n) is 6.44. The number of hydrogen-bond donors (Lipinski definition) is 1. The van der Waals surface area contributed by atoms with Gasteiger partial charge >= 0.3 is 0 Å². The van der Waals surface area contributed by atoms with Gasteiger partial charge < -0.3 is 5.32 Å². The van der Waals surface area contributed by atoms with E-state index < -0.39 is 11.6 Å². The van der Waals surface area contributed by atoms with Crippen LogP contribution in [0.4, 0.5) is 14.5 Å². The van der Waals surface area contributed by atoms with Gasteiger partial charge in [-0.05, 0) is 36.4 Å². The van der Waals surface area contributed by atoms with E-state index in [0.29, 0.717) is 11.3 Å². The second-order valence-electron chi connectivity index (χ2n) is 4.55. The molecule has 0 heterocycles. The first kappa shape index (κ1) is 16.2. The fraction of sp³-hybridized carbons (Fsp3) is 0.125. The Hall–Kier alpha value is -2.21. The van der Waals surface area contributed by atoms with E-state index in [4.69, 9.17) is 0 Å². The molecule has 0 saturated heterocycles. The van der Waals surface area contributed by atoms with Gasteiger partial charge in [0.25, 0.3) is 0 Å². The molecule has 0 atom stereocenters. The van der Waals surface area contributed by atoms with Gasteiger partial charge in [-0.25, -0.2) is 8.78 Å². The maximum Gasteiger partial charge on any atom is 0.221 e. The maximum atomic E-state index is 13.5. The van der Waals surface area contributed by atoms with Crippen molar-refractivity contribution in [2.75, 3.05) is 11.1 Å². The fourth-order valence-corrected chi connectivity index (χ4v) is 2.58. The summed E-state index contributed by atoms with van der Waals surface area (Å²) in [5.74, 6) is -1.66. The smallest absolute Gasteiger partial charge is 0.221 e. The van der Waals surface area contributed by atoms with Crippen molar-refractivity contribution in [3.8, 4) is 0 Å². The molecule has 0 radical (unpaired) electrons. The van der Waals surface area contributed by atoms with Gasteiger partial charge in [-0.15, -0.1) is 11.8 Å². The van der Waals surface area contributed by atoms with Gasteiger partial charge in [0.2, 0.25) is 5.91 Å². The highest BCUT2D eigenvalue weighted by molar-refractivity contribution is 8.00. The Bertz CT molecular complexity index is 702. The lowest BCUT2D eigenvalue weighted by Crippen LogP contribution is -2.07. The molecule has 22 heavy (non-hydrogen) atoms. The Balaban J connectivity index is 1.98. The van der Waals surface area contributed by atoms with Crippen LogP contribution >= 0.6 is 11.8 Å². The molecule has 1 amide bonds. The number of nitrogens with one attached hydrogen (secondary N) is 1. The van der Waals surface area contributed by atoms with E-state index in [9.17, 15) is 18.4 Å². The van der Waals surface area contributed by atoms with E-state index in [1.807, 2.05) is 0 Å². The standard InChI is InChI=1S/C16H13F2NO2S/c1-10(20)19-13-5-2-11(3-6-13)15(21)9-22-16-7-4-12(17)8-14(16)18/h2-8H,9H2,1H3,(H,19,20). The van der Waals surface area contributed by atoms with E-state index in [1.165, 1.54) is 13.0 Å². The van der Waals surface area contributed by atoms with Crippen molar-refractivity contribution >= 4 is 29.1 Å². The predicted octanol–water partition coefficient (Wildman–Crippen LogP) is 3.90. The maximum absolute atomic E-state index is 13.5. The van der Waals surface area contributed by atoms with Crippen molar-refractivity contribution in [1.29, 1.82) is 0 Å². The largest absolute Gasteiger partial charge is 0.326 e. The quantitative estimate of drug-likeness (QED) is 0.671. The van der Waals surface area contributed by atoms with Gasteiger partial charge in [0.15, 0.2) is 5.78 Å². The lowest BCUT2D eigenvalue weighted by molar-refractivity contribution is -0.114. The number of carbonyl (C=O) groups is 2. The highest BCUT2D eigenvalue weighted by Crippen LogP contribution is 2.23. The molecule has 0 aliphatic carbocycles. The molecule has 0 unspecified atom stereocenters. The molecule has 2 aromatic carbocycles. The number of anilines is 1. The zero-order chi connectivity index (χ0) is 16.1. The first-order chi connectivity index (χ1) is 10.5. The second-order valence-corrected chi connectivity index (χ2v) is 5.56. The Morgan fingerprint density at radius 2 is 1.77 bits per heavy atom. The number of thioether (sulfide) groups is 1. The molecule has 2 rings (SSSR count). The number of ketones is 1. The molecule has 3 nitrogen and oxygen atoms in total. The zero-order valence-electron chi connectivity index (χ0n) is 11.7. The summed E-state index contributed by atoms with van der Waals surface area (Å²) in [5, 5.41) is 2.60. The summed E-state index contributed by atoms with van der Waals surface area (Å²) in [6, 6.07) is 9.68. The minimum Gasteiger partial charge on any atom is -0.326 e. The summed E-state index contributed by atoms with van der Waals surface area (Å²) in [4.78, 5) is 23.2. The summed E-state index contributed by atoms with van der Waals surface area (Å²) in [6.07, 6.45) is 0. The molecule has 0 aliphatic heterocycles. The first-order valence-corrected chi connectivity index (χ1v) is 7.43. The number of hydrogen-bond acceptors (Lipinski definition) is 3. The summed E-state index contributed by atoms with van der Waals surface area (Å²) < 4.78 is 26.3. The van der Waals surface area contributed by atoms with Crippen molar-refractivity contribution in [1.82, 2.24) is 0 Å². The van der Waals surface area contributed by atoms with Crippen LogP contribution in [0.15, 0.2) is 47.4 Å². The summed E-state index contributed by atoms with van der Waals surface area (Å²) in [7, 11) is 0. The third-order valence-electron chi connectivity index (χ3n) is 2.78. The van der Waals surface area contributed by atoms with Crippen LogP contribution in [-0.4, -0.2) is 17.4 Å². The molecule has 0 bridgehead atoms. The van der Waals surface area contributed by atoms with E-state index in [2.05, 4.69) is 5.32 Å². The third kappa shape index (κ3) is 4.39. The number of benzene rings is 2. The normalized spacial score (nSPS) is 10.3. The lowest BCUT2D eigenvalue weighted by atomic mass is 10.1. The van der Waals surface area contributed by atoms with Crippen molar-refractivity contribution in [3.63, 3.8) is 0 Å². The van der Waals surface area contributed by atoms with Crippen LogP contribution in [0, 0.1) is 11.6 Å². The van der Waals surface area contributed by atoms with Gasteiger partial charge in [-0.2, -0.15) is 0 Å². The Labute approximate surface area is 130 Å². The van der Waals surface area contributed by atoms with E-state index in [0.717, 1.165) is 23.9 Å². The second kappa shape index (κ2) is 7.17. The average Bonchev–Trinajstić information content (AvgIpc) is 2.46. The summed E-state index contributed by atoms with van der Waals surface area (Å²) >= 11 is 1.01. The Kier molecular flexibility index (Phi) is 5.27. The summed E-state index contributed by atoms with van der Waals surface area (Å²) in [5.41, 5.74) is 1.06. The van der Waals surface area contributed by atoms with Crippen LogP contribution in [0.25, 0.3) is 0 Å². The number of amides is 1. The zero-order valence-corrected chi connectivity index (χ0v) is 12.5. The molecule has 0 spiro atoms. The van der Waals surface area contributed by atoms with Gasteiger partial charge in [-0.3, -0.25) is 9.59 Å². The molecular formula is C16H13F2NO2S. The Morgan fingerprint density at radius 3 is 2.36 bits per heavy atom. The van der Waals surface area contributed by atoms with E-state index in [1.54, 1.807) is 24.3 Å². The minimum absolute atomic E-state index is 0.0437. The van der Waals surface area contributed by atoms with Crippen molar-refractivity contribution in [3.05, 3.63) is 59.7 Å². The molecule has 0 fully saturated rings. The Morgan fingerprint density at radius 1 is 1.09 bits per heavy atom. The highest BCUT2D eigenvalue weighted by atomic mass is 32.2. The minimum atomic E-state index is -0.682. The van der Waals surface area contributed by atoms with Crippen LogP contribution in [0.1, 0.15) is 17.3 Å². The van der Waals surface area contributed by atoms with Crippen molar-refractivity contribution in [2.45, 2.75) is 11.8 Å². The topological polar surface area (TPSA) is 46.2 Å². The lowest BCUT2D eigenvalue weighted by Gasteiger charge is -2.05. The van der Waals surface area contributed by atoms with Crippen molar-refractivity contribution < 1.29 is 18.4 Å². The number of Topliss-reactive ketones (excluding diaryl/α,β-unsaturated/α-hetero) is 1. The molecule has 2 aromatic rings. The molecule has 6 heteroatoms. The molecular weight excluding hydrogens is 308 g/mol. The van der Waals surface area contributed by atoms with Crippen LogP contribution < -0.4 is 5.32 Å². The van der Waals surface area contributed by atoms with Crippen LogP contribution in [-0.2, 0) is 4.79 Å². The molecule has 0 aromatic heterocycles. The molecule has 1 N–H and O–H groups in total. The number of rotatable bonds is 5. The van der Waals surface area contributed by atoms with Gasteiger partial charge in [0.1, 0.15) is 11.6 Å². The average molecular weight is 321 g/mol. The van der Waals surface area contributed by atoms with Gasteiger partial charge in [0, 0.05) is 29.1 Å². The number of halogens is 2. The predicted molar refractivity (Wildman–Crippen MR) is 82.2 cm³/mol. The number of carbonyl (C=O) groups excluding carboxylic acids is 2. The van der Waals surface area contributed by atoms with Crippen LogP contribution in [0.5, 0.6) is 0 Å². The summed E-state index contributed by atoms with van der Waals surface area (Å²) in [6.45, 7) is 1.40. The molecule has 114 valence electrons.